The molecule has 2 saturated heterocycles. The Hall–Kier alpha value is -2.37. The predicted molar refractivity (Wildman–Crippen MR) is 84.7 cm³/mol. The summed E-state index contributed by atoms with van der Waals surface area (Å²) in [4.78, 5) is 36.5. The van der Waals surface area contributed by atoms with E-state index in [0.717, 1.165) is 24.8 Å². The van der Waals surface area contributed by atoms with E-state index in [1.807, 2.05) is 35.2 Å². The summed E-state index contributed by atoms with van der Waals surface area (Å²) in [6.45, 7) is 0.148. The van der Waals surface area contributed by atoms with Crippen molar-refractivity contribution < 1.29 is 23.9 Å². The molecule has 6 nitrogen and oxygen atoms in total. The molecule has 24 heavy (non-hydrogen) atoms. The van der Waals surface area contributed by atoms with Crippen LogP contribution in [0.15, 0.2) is 30.3 Å². The van der Waals surface area contributed by atoms with Crippen LogP contribution in [-0.4, -0.2) is 41.4 Å². The SMILES string of the molecule is O=CN1[C@@H]2CC[C@H]1CC(OC(=O)CC(=O)OCc1ccccc1)C2. The number of carbonyl (C=O) groups excluding carboxylic acids is 3. The maximum atomic E-state index is 11.9. The summed E-state index contributed by atoms with van der Waals surface area (Å²) in [5.74, 6) is -1.14. The minimum absolute atomic E-state index is 0.148. The van der Waals surface area contributed by atoms with E-state index in [4.69, 9.17) is 9.47 Å². The third-order valence-corrected chi connectivity index (χ3v) is 4.70. The van der Waals surface area contributed by atoms with Crippen molar-refractivity contribution in [1.29, 1.82) is 0 Å². The molecule has 2 fully saturated rings. The second kappa shape index (κ2) is 7.47. The van der Waals surface area contributed by atoms with Gasteiger partial charge in [-0.3, -0.25) is 14.4 Å². The monoisotopic (exact) mass is 331 g/mol. The van der Waals surface area contributed by atoms with E-state index >= 15 is 0 Å². The topological polar surface area (TPSA) is 72.9 Å². The van der Waals surface area contributed by atoms with Gasteiger partial charge in [0.15, 0.2) is 0 Å². The quantitative estimate of drug-likeness (QED) is 0.452. The molecule has 6 heteroatoms. The van der Waals surface area contributed by atoms with E-state index in [1.165, 1.54) is 0 Å². The van der Waals surface area contributed by atoms with Crippen LogP contribution in [0.2, 0.25) is 0 Å². The first-order chi connectivity index (χ1) is 11.7. The predicted octanol–water partition coefficient (Wildman–Crippen LogP) is 1.81. The van der Waals surface area contributed by atoms with Crippen molar-refractivity contribution >= 4 is 18.3 Å². The number of piperidine rings is 1. The normalized spacial score (nSPS) is 25.2. The first-order valence-corrected chi connectivity index (χ1v) is 8.27. The fraction of sp³-hybridized carbons (Fsp3) is 0.500. The highest BCUT2D eigenvalue weighted by Crippen LogP contribution is 2.35. The molecule has 2 heterocycles. The lowest BCUT2D eigenvalue weighted by Gasteiger charge is -2.35. The van der Waals surface area contributed by atoms with Crippen molar-refractivity contribution in [2.24, 2.45) is 0 Å². The highest BCUT2D eigenvalue weighted by molar-refractivity contribution is 5.91. The van der Waals surface area contributed by atoms with Gasteiger partial charge in [0.05, 0.1) is 0 Å². The Morgan fingerprint density at radius 1 is 1.08 bits per heavy atom. The zero-order chi connectivity index (χ0) is 16.9. The Labute approximate surface area is 140 Å². The minimum atomic E-state index is -0.586. The Morgan fingerprint density at radius 3 is 2.38 bits per heavy atom. The summed E-state index contributed by atoms with van der Waals surface area (Å²) in [5, 5.41) is 0. The van der Waals surface area contributed by atoms with E-state index in [-0.39, 0.29) is 31.2 Å². The molecule has 1 aromatic rings. The molecule has 1 aromatic carbocycles. The van der Waals surface area contributed by atoms with Crippen LogP contribution < -0.4 is 0 Å². The molecule has 128 valence electrons. The van der Waals surface area contributed by atoms with Crippen LogP contribution in [0.1, 0.15) is 37.7 Å². The Morgan fingerprint density at radius 2 is 1.75 bits per heavy atom. The summed E-state index contributed by atoms with van der Waals surface area (Å²) < 4.78 is 10.5. The van der Waals surface area contributed by atoms with Crippen LogP contribution in [0.5, 0.6) is 0 Å². The highest BCUT2D eigenvalue weighted by Gasteiger charge is 2.41. The Kier molecular flexibility index (Phi) is 5.13. The molecule has 0 spiro atoms. The number of nitrogens with zero attached hydrogens (tertiary/aromatic N) is 1. The first kappa shape index (κ1) is 16.5. The number of rotatable bonds is 6. The van der Waals surface area contributed by atoms with Gasteiger partial charge in [-0.15, -0.1) is 0 Å². The summed E-state index contributed by atoms with van der Waals surface area (Å²) in [5.41, 5.74) is 0.872. The number of benzene rings is 1. The van der Waals surface area contributed by atoms with Crippen LogP contribution in [0.25, 0.3) is 0 Å². The number of esters is 2. The van der Waals surface area contributed by atoms with Gasteiger partial charge in [0.1, 0.15) is 19.1 Å². The molecule has 3 rings (SSSR count). The van der Waals surface area contributed by atoms with Crippen LogP contribution in [-0.2, 0) is 30.5 Å². The van der Waals surface area contributed by atoms with Gasteiger partial charge in [-0.2, -0.15) is 0 Å². The number of fused-ring (bicyclic) bond motifs is 2. The van der Waals surface area contributed by atoms with Gasteiger partial charge < -0.3 is 14.4 Å². The third-order valence-electron chi connectivity index (χ3n) is 4.70. The van der Waals surface area contributed by atoms with E-state index in [1.54, 1.807) is 0 Å². The molecule has 2 aliphatic rings. The van der Waals surface area contributed by atoms with E-state index in [9.17, 15) is 14.4 Å². The molecule has 2 bridgehead atoms. The van der Waals surface area contributed by atoms with Crippen LogP contribution >= 0.6 is 0 Å². The van der Waals surface area contributed by atoms with Crippen molar-refractivity contribution in [2.75, 3.05) is 0 Å². The lowest BCUT2D eigenvalue weighted by molar-refractivity contribution is -0.160. The average Bonchev–Trinajstić information content (AvgIpc) is 2.83. The molecule has 0 aliphatic carbocycles. The molecule has 3 atom stereocenters. The van der Waals surface area contributed by atoms with Crippen molar-refractivity contribution in [2.45, 2.75) is 56.9 Å². The molecule has 0 radical (unpaired) electrons. The average molecular weight is 331 g/mol. The van der Waals surface area contributed by atoms with E-state index in [2.05, 4.69) is 0 Å². The summed E-state index contributed by atoms with van der Waals surface area (Å²) in [6.07, 6.45) is 3.51. The number of hydrogen-bond donors (Lipinski definition) is 0. The molecular weight excluding hydrogens is 310 g/mol. The van der Waals surface area contributed by atoms with E-state index in [0.29, 0.717) is 12.8 Å². The van der Waals surface area contributed by atoms with Gasteiger partial charge >= 0.3 is 11.9 Å². The second-order valence-corrected chi connectivity index (χ2v) is 6.34. The largest absolute Gasteiger partial charge is 0.462 e. The molecule has 2 aliphatic heterocycles. The maximum Gasteiger partial charge on any atom is 0.317 e. The van der Waals surface area contributed by atoms with Crippen LogP contribution in [0.4, 0.5) is 0 Å². The van der Waals surface area contributed by atoms with E-state index < -0.39 is 11.9 Å². The van der Waals surface area contributed by atoms with Gasteiger partial charge in [0.2, 0.25) is 6.41 Å². The van der Waals surface area contributed by atoms with Crippen molar-refractivity contribution in [3.05, 3.63) is 35.9 Å². The number of hydrogen-bond acceptors (Lipinski definition) is 5. The van der Waals surface area contributed by atoms with Gasteiger partial charge in [0, 0.05) is 24.9 Å². The lowest BCUT2D eigenvalue weighted by atomic mass is 10.0. The third kappa shape index (κ3) is 3.93. The maximum absolute atomic E-state index is 11.9. The molecule has 0 saturated carbocycles. The zero-order valence-corrected chi connectivity index (χ0v) is 13.4. The molecule has 1 amide bonds. The van der Waals surface area contributed by atoms with Gasteiger partial charge in [-0.1, -0.05) is 30.3 Å². The first-order valence-electron chi connectivity index (χ1n) is 8.27. The Balaban J connectivity index is 1.41. The number of carbonyl (C=O) groups is 3. The number of ether oxygens (including phenoxy) is 2. The van der Waals surface area contributed by atoms with Gasteiger partial charge in [-0.05, 0) is 18.4 Å². The smallest absolute Gasteiger partial charge is 0.317 e. The fourth-order valence-electron chi connectivity index (χ4n) is 3.57. The van der Waals surface area contributed by atoms with Crippen LogP contribution in [0, 0.1) is 0 Å². The second-order valence-electron chi connectivity index (χ2n) is 6.34. The zero-order valence-electron chi connectivity index (χ0n) is 13.4. The molecule has 0 N–H and O–H groups in total. The molecule has 1 unspecified atom stereocenters. The summed E-state index contributed by atoms with van der Waals surface area (Å²) in [6, 6.07) is 9.61. The fourth-order valence-corrected chi connectivity index (χ4v) is 3.57. The lowest BCUT2D eigenvalue weighted by Crippen LogP contribution is -2.45. The highest BCUT2D eigenvalue weighted by atomic mass is 16.6. The van der Waals surface area contributed by atoms with Gasteiger partial charge in [0.25, 0.3) is 0 Å². The standard InChI is InChI=1S/C18H21NO5/c20-12-19-14-6-7-15(19)9-16(8-14)24-18(22)10-17(21)23-11-13-4-2-1-3-5-13/h1-5,12,14-16H,6-11H2/t14-,15+,16?. The summed E-state index contributed by atoms with van der Waals surface area (Å²) >= 11 is 0. The molecule has 0 aromatic heterocycles. The van der Waals surface area contributed by atoms with Crippen molar-refractivity contribution in [3.8, 4) is 0 Å². The van der Waals surface area contributed by atoms with Crippen molar-refractivity contribution in [3.63, 3.8) is 0 Å². The van der Waals surface area contributed by atoms with Crippen molar-refractivity contribution in [1.82, 2.24) is 4.90 Å². The van der Waals surface area contributed by atoms with Crippen LogP contribution in [0.3, 0.4) is 0 Å². The number of amides is 1. The minimum Gasteiger partial charge on any atom is -0.462 e. The molecular formula is C18H21NO5. The summed E-state index contributed by atoms with van der Waals surface area (Å²) in [7, 11) is 0. The van der Waals surface area contributed by atoms with Gasteiger partial charge in [-0.25, -0.2) is 0 Å². The Bertz CT molecular complexity index is 589.